The van der Waals surface area contributed by atoms with E-state index >= 15 is 0 Å². The molecule has 130 valence electrons. The predicted octanol–water partition coefficient (Wildman–Crippen LogP) is 3.31. The summed E-state index contributed by atoms with van der Waals surface area (Å²) in [5, 5.41) is 0. The number of hydrogen-bond acceptors (Lipinski definition) is 3. The molecule has 0 aromatic carbocycles. The molecule has 0 unspecified atom stereocenters. The van der Waals surface area contributed by atoms with Crippen molar-refractivity contribution >= 4 is 5.91 Å². The lowest BCUT2D eigenvalue weighted by atomic mass is 9.78. The molecular weight excluding hydrogens is 290 g/mol. The first kappa shape index (κ1) is 17.0. The molecule has 4 heteroatoms. The molecule has 0 saturated carbocycles. The Morgan fingerprint density at radius 3 is 2.91 bits per heavy atom. The zero-order chi connectivity index (χ0) is 16.1. The topological polar surface area (TPSA) is 38.8 Å². The summed E-state index contributed by atoms with van der Waals surface area (Å²) in [5.74, 6) is 0.917. The van der Waals surface area contributed by atoms with Gasteiger partial charge in [0.15, 0.2) is 0 Å². The zero-order valence-corrected chi connectivity index (χ0v) is 14.5. The molecule has 1 atom stereocenters. The summed E-state index contributed by atoms with van der Waals surface area (Å²) in [6.45, 7) is 3.40. The van der Waals surface area contributed by atoms with Gasteiger partial charge in [-0.1, -0.05) is 11.6 Å². The lowest BCUT2D eigenvalue weighted by Crippen LogP contribution is -2.49. The monoisotopic (exact) mass is 321 g/mol. The Kier molecular flexibility index (Phi) is 5.76. The molecular formula is C19H31NO3. The third kappa shape index (κ3) is 3.97. The Morgan fingerprint density at radius 1 is 1.39 bits per heavy atom. The number of carbonyl (C=O) groups is 1. The van der Waals surface area contributed by atoms with Crippen LogP contribution in [0, 0.1) is 5.92 Å². The Balaban J connectivity index is 1.51. The van der Waals surface area contributed by atoms with Crippen molar-refractivity contribution in [1.29, 1.82) is 0 Å². The Morgan fingerprint density at radius 2 is 2.22 bits per heavy atom. The Labute approximate surface area is 140 Å². The highest BCUT2D eigenvalue weighted by Gasteiger charge is 2.46. The fraction of sp³-hybridized carbons (Fsp3) is 0.842. The van der Waals surface area contributed by atoms with E-state index in [1.54, 1.807) is 7.11 Å². The first-order valence-corrected chi connectivity index (χ1v) is 9.32. The van der Waals surface area contributed by atoms with Gasteiger partial charge in [-0.25, -0.2) is 0 Å². The molecule has 0 aromatic heterocycles. The number of likely N-dealkylation sites (tertiary alicyclic amines) is 1. The average Bonchev–Trinajstić information content (AvgIpc) is 2.96. The van der Waals surface area contributed by atoms with E-state index in [2.05, 4.69) is 11.0 Å². The molecule has 2 saturated heterocycles. The Bertz CT molecular complexity index is 438. The highest BCUT2D eigenvalue weighted by atomic mass is 16.5. The van der Waals surface area contributed by atoms with Gasteiger partial charge in [0.2, 0.25) is 5.91 Å². The summed E-state index contributed by atoms with van der Waals surface area (Å²) in [5.41, 5.74) is 1.37. The van der Waals surface area contributed by atoms with Crippen LogP contribution in [0.3, 0.4) is 0 Å². The second kappa shape index (κ2) is 7.80. The van der Waals surface area contributed by atoms with Gasteiger partial charge in [-0.05, 0) is 57.3 Å². The van der Waals surface area contributed by atoms with E-state index < -0.39 is 0 Å². The van der Waals surface area contributed by atoms with Crippen molar-refractivity contribution < 1.29 is 14.3 Å². The van der Waals surface area contributed by atoms with E-state index in [0.717, 1.165) is 64.8 Å². The largest absolute Gasteiger partial charge is 0.385 e. The van der Waals surface area contributed by atoms with Gasteiger partial charge in [0.1, 0.15) is 0 Å². The summed E-state index contributed by atoms with van der Waals surface area (Å²) >= 11 is 0. The lowest BCUT2D eigenvalue weighted by molar-refractivity contribution is -0.137. The van der Waals surface area contributed by atoms with Crippen molar-refractivity contribution in [2.24, 2.45) is 5.92 Å². The number of hydrogen-bond donors (Lipinski definition) is 0. The minimum absolute atomic E-state index is 0.0133. The molecule has 1 amide bonds. The maximum Gasteiger partial charge on any atom is 0.226 e. The summed E-state index contributed by atoms with van der Waals surface area (Å²) in [7, 11) is 1.77. The third-order valence-electron chi connectivity index (χ3n) is 6.00. The number of piperidine rings is 1. The van der Waals surface area contributed by atoms with Crippen LogP contribution in [0.5, 0.6) is 0 Å². The second-order valence-corrected chi connectivity index (χ2v) is 7.35. The van der Waals surface area contributed by atoms with Gasteiger partial charge in [-0.3, -0.25) is 4.79 Å². The van der Waals surface area contributed by atoms with Crippen LogP contribution >= 0.6 is 0 Å². The van der Waals surface area contributed by atoms with Crippen molar-refractivity contribution in [3.05, 3.63) is 11.6 Å². The van der Waals surface area contributed by atoms with Crippen LogP contribution in [0.25, 0.3) is 0 Å². The van der Waals surface area contributed by atoms with E-state index in [4.69, 9.17) is 9.47 Å². The molecule has 2 fully saturated rings. The normalized spacial score (nSPS) is 27.3. The van der Waals surface area contributed by atoms with Gasteiger partial charge in [-0.2, -0.15) is 0 Å². The lowest BCUT2D eigenvalue weighted by Gasteiger charge is -2.42. The van der Waals surface area contributed by atoms with Crippen LogP contribution in [0.4, 0.5) is 0 Å². The maximum atomic E-state index is 12.5. The number of allylic oxidation sites excluding steroid dienone is 1. The minimum atomic E-state index is 0.0133. The van der Waals surface area contributed by atoms with E-state index in [0.29, 0.717) is 18.2 Å². The molecule has 0 radical (unpaired) electrons. The van der Waals surface area contributed by atoms with Gasteiger partial charge in [0.25, 0.3) is 0 Å². The van der Waals surface area contributed by atoms with Crippen LogP contribution in [0.2, 0.25) is 0 Å². The number of ether oxygens (including phenoxy) is 2. The standard InChI is InChI=1S/C19H31NO3/c1-22-13-7-17-8-14-23-19(17)9-11-20(12-10-19)18(21)15-16-5-3-2-4-6-16/h5,17H,2-4,6-15H2,1H3/t17-/m1/s1. The highest BCUT2D eigenvalue weighted by Crippen LogP contribution is 2.42. The van der Waals surface area contributed by atoms with E-state index in [-0.39, 0.29) is 5.60 Å². The molecule has 1 spiro atoms. The molecule has 23 heavy (non-hydrogen) atoms. The van der Waals surface area contributed by atoms with Gasteiger partial charge < -0.3 is 14.4 Å². The van der Waals surface area contributed by atoms with Gasteiger partial charge in [-0.15, -0.1) is 0 Å². The van der Waals surface area contributed by atoms with Crippen molar-refractivity contribution in [3.63, 3.8) is 0 Å². The molecule has 4 nitrogen and oxygen atoms in total. The number of carbonyl (C=O) groups excluding carboxylic acids is 1. The summed E-state index contributed by atoms with van der Waals surface area (Å²) < 4.78 is 11.4. The maximum absolute atomic E-state index is 12.5. The summed E-state index contributed by atoms with van der Waals surface area (Å²) in [6, 6.07) is 0. The molecule has 3 rings (SSSR count). The molecule has 0 bridgehead atoms. The fourth-order valence-electron chi connectivity index (χ4n) is 4.51. The van der Waals surface area contributed by atoms with Crippen molar-refractivity contribution in [2.75, 3.05) is 33.4 Å². The highest BCUT2D eigenvalue weighted by molar-refractivity contribution is 5.78. The quantitative estimate of drug-likeness (QED) is 0.729. The fourth-order valence-corrected chi connectivity index (χ4v) is 4.51. The third-order valence-corrected chi connectivity index (χ3v) is 6.00. The SMILES string of the molecule is COCC[C@@H]1CCOC12CCN(C(=O)CC1=CCCCC1)CC2. The first-order chi connectivity index (χ1) is 11.2. The van der Waals surface area contributed by atoms with Crippen molar-refractivity contribution in [2.45, 2.75) is 63.4 Å². The van der Waals surface area contributed by atoms with Gasteiger partial charge >= 0.3 is 0 Å². The van der Waals surface area contributed by atoms with Crippen LogP contribution in [-0.4, -0.2) is 49.8 Å². The van der Waals surface area contributed by atoms with Crippen LogP contribution in [-0.2, 0) is 14.3 Å². The van der Waals surface area contributed by atoms with Gasteiger partial charge in [0.05, 0.1) is 5.60 Å². The van der Waals surface area contributed by atoms with Crippen LogP contribution < -0.4 is 0 Å². The van der Waals surface area contributed by atoms with Gasteiger partial charge in [0, 0.05) is 39.8 Å². The molecule has 0 aromatic rings. The number of methoxy groups -OCH3 is 1. The molecule has 2 heterocycles. The molecule has 2 aliphatic heterocycles. The smallest absolute Gasteiger partial charge is 0.226 e. The zero-order valence-electron chi connectivity index (χ0n) is 14.5. The van der Waals surface area contributed by atoms with Crippen LogP contribution in [0.15, 0.2) is 11.6 Å². The molecule has 0 N–H and O–H groups in total. The number of rotatable bonds is 5. The number of nitrogens with zero attached hydrogens (tertiary/aromatic N) is 1. The summed E-state index contributed by atoms with van der Waals surface area (Å²) in [6.07, 6.45) is 11.9. The van der Waals surface area contributed by atoms with Crippen molar-refractivity contribution in [1.82, 2.24) is 4.90 Å². The molecule has 1 aliphatic carbocycles. The average molecular weight is 321 g/mol. The Hall–Kier alpha value is -0.870. The number of amides is 1. The van der Waals surface area contributed by atoms with Crippen molar-refractivity contribution in [3.8, 4) is 0 Å². The predicted molar refractivity (Wildman–Crippen MR) is 90.3 cm³/mol. The second-order valence-electron chi connectivity index (χ2n) is 7.35. The van der Waals surface area contributed by atoms with Crippen LogP contribution in [0.1, 0.15) is 57.8 Å². The van der Waals surface area contributed by atoms with E-state index in [9.17, 15) is 4.79 Å². The molecule has 3 aliphatic rings. The van der Waals surface area contributed by atoms with E-state index in [1.807, 2.05) is 0 Å². The first-order valence-electron chi connectivity index (χ1n) is 9.32. The van der Waals surface area contributed by atoms with E-state index in [1.165, 1.54) is 18.4 Å². The summed E-state index contributed by atoms with van der Waals surface area (Å²) in [4.78, 5) is 14.6. The minimum Gasteiger partial charge on any atom is -0.385 e.